The van der Waals surface area contributed by atoms with Gasteiger partial charge in [0.2, 0.25) is 0 Å². The van der Waals surface area contributed by atoms with Gasteiger partial charge in [0.1, 0.15) is 5.75 Å². The predicted molar refractivity (Wildman–Crippen MR) is 73.4 cm³/mol. The molecule has 2 rings (SSSR count). The second-order valence-electron chi connectivity index (χ2n) is 5.43. The van der Waals surface area contributed by atoms with Gasteiger partial charge in [-0.15, -0.1) is 0 Å². The fourth-order valence-electron chi connectivity index (χ4n) is 2.42. The summed E-state index contributed by atoms with van der Waals surface area (Å²) in [5, 5.41) is 9.25. The summed E-state index contributed by atoms with van der Waals surface area (Å²) >= 11 is 0. The smallest absolute Gasteiger partial charge is 0.495 e. The van der Waals surface area contributed by atoms with Crippen LogP contribution < -0.4 is 10.2 Å². The Balaban J connectivity index is 2.33. The fraction of sp³-hybridized carbons (Fsp3) is 0.500. The van der Waals surface area contributed by atoms with Gasteiger partial charge in [0.25, 0.3) is 0 Å². The van der Waals surface area contributed by atoms with Crippen molar-refractivity contribution in [2.24, 2.45) is 0 Å². The third-order valence-electron chi connectivity index (χ3n) is 3.20. The fourth-order valence-corrected chi connectivity index (χ4v) is 2.42. The highest BCUT2D eigenvalue weighted by Gasteiger charge is 2.39. The first kappa shape index (κ1) is 13.9. The number of hydrogen-bond donors (Lipinski definition) is 0. The third kappa shape index (κ3) is 3.09. The summed E-state index contributed by atoms with van der Waals surface area (Å²) in [5.41, 5.74) is 1.02. The minimum atomic E-state index is -0.501. The molecule has 0 spiro atoms. The van der Waals surface area contributed by atoms with E-state index in [2.05, 4.69) is 6.07 Å². The van der Waals surface area contributed by atoms with Gasteiger partial charge in [0, 0.05) is 11.6 Å². The number of nitrogens with zero attached hydrogens (tertiary/aromatic N) is 1. The first-order chi connectivity index (χ1) is 8.95. The van der Waals surface area contributed by atoms with Crippen LogP contribution in [-0.4, -0.2) is 25.9 Å². The SMILES string of the molecule is COc1ccc(B2O[C@@H](C)CC(C)(C)O2)c(C#N)c1. The van der Waals surface area contributed by atoms with Gasteiger partial charge < -0.3 is 14.0 Å². The van der Waals surface area contributed by atoms with Crippen LogP contribution in [0.25, 0.3) is 0 Å². The molecule has 0 bridgehead atoms. The molecule has 0 saturated carbocycles. The Morgan fingerprint density at radius 1 is 1.47 bits per heavy atom. The van der Waals surface area contributed by atoms with Crippen molar-refractivity contribution in [2.75, 3.05) is 7.11 Å². The van der Waals surface area contributed by atoms with Crippen LogP contribution in [0.15, 0.2) is 18.2 Å². The van der Waals surface area contributed by atoms with Gasteiger partial charge >= 0.3 is 7.12 Å². The molecule has 19 heavy (non-hydrogen) atoms. The van der Waals surface area contributed by atoms with E-state index in [9.17, 15) is 5.26 Å². The minimum absolute atomic E-state index is 0.0994. The molecule has 1 atom stereocenters. The topological polar surface area (TPSA) is 51.5 Å². The van der Waals surface area contributed by atoms with Gasteiger partial charge in [0.15, 0.2) is 0 Å². The van der Waals surface area contributed by atoms with E-state index in [1.807, 2.05) is 32.9 Å². The Labute approximate surface area is 114 Å². The Bertz CT molecular complexity index is 510. The Morgan fingerprint density at radius 3 is 2.79 bits per heavy atom. The summed E-state index contributed by atoms with van der Waals surface area (Å²) in [6.07, 6.45) is 0.934. The number of hydrogen-bond acceptors (Lipinski definition) is 4. The average molecular weight is 259 g/mol. The lowest BCUT2D eigenvalue weighted by Gasteiger charge is -2.38. The van der Waals surface area contributed by atoms with Gasteiger partial charge in [-0.25, -0.2) is 0 Å². The summed E-state index contributed by atoms with van der Waals surface area (Å²) in [4.78, 5) is 0. The van der Waals surface area contributed by atoms with E-state index in [0.29, 0.717) is 11.3 Å². The van der Waals surface area contributed by atoms with E-state index in [1.165, 1.54) is 0 Å². The highest BCUT2D eigenvalue weighted by molar-refractivity contribution is 6.62. The van der Waals surface area contributed by atoms with Crippen LogP contribution in [0, 0.1) is 11.3 Å². The van der Waals surface area contributed by atoms with Crippen LogP contribution in [0.1, 0.15) is 32.8 Å². The molecule has 1 saturated heterocycles. The second-order valence-corrected chi connectivity index (χ2v) is 5.43. The van der Waals surface area contributed by atoms with Crippen molar-refractivity contribution in [3.05, 3.63) is 23.8 Å². The molecule has 5 heteroatoms. The standard InChI is InChI=1S/C14H18BNO3/c1-10-8-14(2,3)19-15(18-10)13-6-5-12(17-4)7-11(13)9-16/h5-7,10H,8H2,1-4H3/t10-/m0/s1. The first-order valence-corrected chi connectivity index (χ1v) is 6.36. The van der Waals surface area contributed by atoms with Crippen LogP contribution in [-0.2, 0) is 9.31 Å². The van der Waals surface area contributed by atoms with Crippen molar-refractivity contribution < 1.29 is 14.0 Å². The van der Waals surface area contributed by atoms with Crippen molar-refractivity contribution in [3.63, 3.8) is 0 Å². The van der Waals surface area contributed by atoms with Gasteiger partial charge in [-0.1, -0.05) is 6.07 Å². The maximum atomic E-state index is 9.25. The molecule has 0 aliphatic carbocycles. The average Bonchev–Trinajstić information content (AvgIpc) is 2.35. The summed E-state index contributed by atoms with van der Waals surface area (Å²) in [6, 6.07) is 7.52. The molecular weight excluding hydrogens is 241 g/mol. The molecule has 0 radical (unpaired) electrons. The maximum Gasteiger partial charge on any atom is 0.495 e. The highest BCUT2D eigenvalue weighted by Crippen LogP contribution is 2.26. The van der Waals surface area contributed by atoms with Gasteiger partial charge in [-0.2, -0.15) is 5.26 Å². The van der Waals surface area contributed by atoms with Crippen LogP contribution >= 0.6 is 0 Å². The number of methoxy groups -OCH3 is 1. The van der Waals surface area contributed by atoms with Crippen LogP contribution in [0.2, 0.25) is 0 Å². The van der Waals surface area contributed by atoms with Crippen molar-refractivity contribution in [2.45, 2.75) is 38.9 Å². The largest absolute Gasteiger partial charge is 0.497 e. The molecule has 0 aromatic heterocycles. The Hall–Kier alpha value is -1.51. The molecule has 0 amide bonds. The molecule has 1 heterocycles. The zero-order valence-electron chi connectivity index (χ0n) is 11.8. The number of nitriles is 1. The van der Waals surface area contributed by atoms with Crippen LogP contribution in [0.5, 0.6) is 5.75 Å². The van der Waals surface area contributed by atoms with Crippen LogP contribution in [0.4, 0.5) is 0 Å². The highest BCUT2D eigenvalue weighted by atomic mass is 16.6. The molecule has 0 unspecified atom stereocenters. The van der Waals surface area contributed by atoms with Crippen LogP contribution in [0.3, 0.4) is 0 Å². The monoisotopic (exact) mass is 259 g/mol. The molecule has 1 aromatic rings. The predicted octanol–water partition coefficient (Wildman–Crippen LogP) is 1.87. The van der Waals surface area contributed by atoms with Crippen molar-refractivity contribution in [3.8, 4) is 11.8 Å². The summed E-state index contributed by atoms with van der Waals surface area (Å²) in [6.45, 7) is 6.09. The quantitative estimate of drug-likeness (QED) is 0.761. The number of rotatable bonds is 2. The number of benzene rings is 1. The van der Waals surface area contributed by atoms with Crippen molar-refractivity contribution in [1.82, 2.24) is 0 Å². The first-order valence-electron chi connectivity index (χ1n) is 6.36. The Kier molecular flexibility index (Phi) is 3.84. The third-order valence-corrected chi connectivity index (χ3v) is 3.20. The van der Waals surface area contributed by atoms with E-state index in [0.717, 1.165) is 11.9 Å². The van der Waals surface area contributed by atoms with Crippen molar-refractivity contribution >= 4 is 12.6 Å². The molecule has 0 N–H and O–H groups in total. The molecule has 1 aromatic carbocycles. The maximum absolute atomic E-state index is 9.25. The second kappa shape index (κ2) is 5.24. The van der Waals surface area contributed by atoms with E-state index in [-0.39, 0.29) is 11.7 Å². The van der Waals surface area contributed by atoms with E-state index in [4.69, 9.17) is 14.0 Å². The molecule has 1 aliphatic rings. The van der Waals surface area contributed by atoms with E-state index in [1.54, 1.807) is 13.2 Å². The normalized spacial score (nSPS) is 21.8. The summed E-state index contributed by atoms with van der Waals surface area (Å²) in [5.74, 6) is 0.656. The summed E-state index contributed by atoms with van der Waals surface area (Å²) in [7, 11) is 1.08. The van der Waals surface area contributed by atoms with E-state index >= 15 is 0 Å². The van der Waals surface area contributed by atoms with Gasteiger partial charge in [-0.3, -0.25) is 0 Å². The lowest BCUT2D eigenvalue weighted by molar-refractivity contribution is -0.0229. The molecule has 4 nitrogen and oxygen atoms in total. The molecular formula is C14H18BNO3. The minimum Gasteiger partial charge on any atom is -0.497 e. The molecule has 1 fully saturated rings. The zero-order chi connectivity index (χ0) is 14.0. The summed E-state index contributed by atoms with van der Waals surface area (Å²) < 4.78 is 16.9. The Morgan fingerprint density at radius 2 is 2.21 bits per heavy atom. The number of ether oxygens (including phenoxy) is 1. The van der Waals surface area contributed by atoms with Gasteiger partial charge in [0.05, 0.1) is 24.3 Å². The molecule has 100 valence electrons. The molecule has 1 aliphatic heterocycles. The zero-order valence-corrected chi connectivity index (χ0v) is 11.8. The lowest BCUT2D eigenvalue weighted by atomic mass is 9.72. The lowest BCUT2D eigenvalue weighted by Crippen LogP contribution is -2.52. The van der Waals surface area contributed by atoms with Gasteiger partial charge in [-0.05, 0) is 39.3 Å². The van der Waals surface area contributed by atoms with E-state index < -0.39 is 7.12 Å². The van der Waals surface area contributed by atoms with Crippen molar-refractivity contribution in [1.29, 1.82) is 5.26 Å².